The Balaban J connectivity index is 2.11. The van der Waals surface area contributed by atoms with Crippen molar-refractivity contribution in [2.45, 2.75) is 64.4 Å². The number of allylic oxidation sites excluding steroid dienone is 2. The standard InChI is InChI=1S/C21H30O4S/c1-16-9-8-14-21(3,4)20(16)13-12-18(25-17(2)22)15-26(23,24)19-10-6-5-7-11-19/h5-7,9-11,18,20H,8,12-15H2,1-4H3/t18?,20-/m0/s1. The van der Waals surface area contributed by atoms with Gasteiger partial charge in [0, 0.05) is 6.92 Å². The lowest BCUT2D eigenvalue weighted by Gasteiger charge is -2.39. The number of carbonyl (C=O) groups is 1. The van der Waals surface area contributed by atoms with Crippen LogP contribution in [0.15, 0.2) is 46.9 Å². The largest absolute Gasteiger partial charge is 0.461 e. The number of benzene rings is 1. The Kier molecular flexibility index (Phi) is 6.67. The number of rotatable bonds is 7. The van der Waals surface area contributed by atoms with Crippen LogP contribution >= 0.6 is 0 Å². The molecule has 0 bridgehead atoms. The number of carbonyl (C=O) groups excluding carboxylic acids is 1. The molecule has 0 saturated carbocycles. The van der Waals surface area contributed by atoms with Gasteiger partial charge >= 0.3 is 5.97 Å². The van der Waals surface area contributed by atoms with Crippen LogP contribution in [0.3, 0.4) is 0 Å². The van der Waals surface area contributed by atoms with E-state index in [1.54, 1.807) is 30.3 Å². The van der Waals surface area contributed by atoms with Crippen molar-refractivity contribution in [2.75, 3.05) is 5.75 Å². The smallest absolute Gasteiger partial charge is 0.302 e. The molecule has 1 aliphatic rings. The Hall–Kier alpha value is -1.62. The molecule has 0 fully saturated rings. The zero-order valence-electron chi connectivity index (χ0n) is 16.2. The maximum absolute atomic E-state index is 12.7. The van der Waals surface area contributed by atoms with Crippen molar-refractivity contribution >= 4 is 15.8 Å². The fourth-order valence-corrected chi connectivity index (χ4v) is 5.44. The summed E-state index contributed by atoms with van der Waals surface area (Å²) in [5.74, 6) is -0.228. The van der Waals surface area contributed by atoms with E-state index < -0.39 is 21.9 Å². The van der Waals surface area contributed by atoms with E-state index in [4.69, 9.17) is 4.74 Å². The summed E-state index contributed by atoms with van der Waals surface area (Å²) in [6.45, 7) is 8.00. The quantitative estimate of drug-likeness (QED) is 0.516. The molecule has 0 saturated heterocycles. The minimum absolute atomic E-state index is 0.174. The van der Waals surface area contributed by atoms with E-state index in [0.717, 1.165) is 19.3 Å². The molecule has 1 aliphatic carbocycles. The lowest BCUT2D eigenvalue weighted by molar-refractivity contribution is -0.145. The topological polar surface area (TPSA) is 60.4 Å². The van der Waals surface area contributed by atoms with E-state index in [1.807, 2.05) is 0 Å². The molecule has 144 valence electrons. The van der Waals surface area contributed by atoms with Crippen LogP contribution in [0.25, 0.3) is 0 Å². The number of hydrogen-bond donors (Lipinski definition) is 0. The maximum atomic E-state index is 12.7. The summed E-state index contributed by atoms with van der Waals surface area (Å²) in [6.07, 6.45) is 5.23. The van der Waals surface area contributed by atoms with Crippen LogP contribution in [-0.2, 0) is 19.4 Å². The van der Waals surface area contributed by atoms with E-state index in [2.05, 4.69) is 26.8 Å². The fourth-order valence-electron chi connectivity index (χ4n) is 3.96. The van der Waals surface area contributed by atoms with Crippen molar-refractivity contribution in [3.63, 3.8) is 0 Å². The number of hydrogen-bond acceptors (Lipinski definition) is 4. The van der Waals surface area contributed by atoms with Crippen molar-refractivity contribution in [3.05, 3.63) is 42.0 Å². The normalized spacial score (nSPS) is 20.9. The highest BCUT2D eigenvalue weighted by molar-refractivity contribution is 7.91. The van der Waals surface area contributed by atoms with E-state index in [1.165, 1.54) is 12.5 Å². The van der Waals surface area contributed by atoms with Gasteiger partial charge < -0.3 is 4.74 Å². The molecule has 0 aliphatic heterocycles. The molecule has 0 radical (unpaired) electrons. The Bertz CT molecular complexity index is 747. The van der Waals surface area contributed by atoms with Gasteiger partial charge in [-0.15, -0.1) is 0 Å². The molecule has 1 aromatic rings. The third kappa shape index (κ3) is 5.44. The van der Waals surface area contributed by atoms with Crippen molar-refractivity contribution in [1.29, 1.82) is 0 Å². The molecule has 0 N–H and O–H groups in total. The van der Waals surface area contributed by atoms with Crippen LogP contribution in [-0.4, -0.2) is 26.2 Å². The molecule has 1 aromatic carbocycles. The van der Waals surface area contributed by atoms with Crippen LogP contribution in [0.4, 0.5) is 0 Å². The third-order valence-corrected chi connectivity index (χ3v) is 7.17. The zero-order chi connectivity index (χ0) is 19.4. The Morgan fingerprint density at radius 3 is 2.50 bits per heavy atom. The molecule has 4 nitrogen and oxygen atoms in total. The molecule has 0 spiro atoms. The summed E-state index contributed by atoms with van der Waals surface area (Å²) in [7, 11) is -3.49. The average Bonchev–Trinajstić information content (AvgIpc) is 2.53. The first-order chi connectivity index (χ1) is 12.1. The summed E-state index contributed by atoms with van der Waals surface area (Å²) in [5.41, 5.74) is 1.53. The van der Waals surface area contributed by atoms with Crippen LogP contribution in [0.1, 0.15) is 53.4 Å². The van der Waals surface area contributed by atoms with Crippen LogP contribution < -0.4 is 0 Å². The van der Waals surface area contributed by atoms with Gasteiger partial charge in [-0.2, -0.15) is 0 Å². The predicted octanol–water partition coefficient (Wildman–Crippen LogP) is 4.55. The van der Waals surface area contributed by atoms with Crippen molar-refractivity contribution in [1.82, 2.24) is 0 Å². The Morgan fingerprint density at radius 2 is 1.92 bits per heavy atom. The van der Waals surface area contributed by atoms with Gasteiger partial charge in [-0.1, -0.05) is 43.7 Å². The molecule has 0 heterocycles. The first-order valence-corrected chi connectivity index (χ1v) is 10.9. The Morgan fingerprint density at radius 1 is 1.27 bits per heavy atom. The van der Waals surface area contributed by atoms with E-state index >= 15 is 0 Å². The fraction of sp³-hybridized carbons (Fsp3) is 0.571. The molecule has 0 aromatic heterocycles. The highest BCUT2D eigenvalue weighted by atomic mass is 32.2. The third-order valence-electron chi connectivity index (χ3n) is 5.37. The lowest BCUT2D eigenvalue weighted by atomic mass is 9.67. The number of esters is 1. The van der Waals surface area contributed by atoms with E-state index in [-0.39, 0.29) is 16.1 Å². The van der Waals surface area contributed by atoms with Gasteiger partial charge in [-0.25, -0.2) is 8.42 Å². The molecular weight excluding hydrogens is 348 g/mol. The summed E-state index contributed by atoms with van der Waals surface area (Å²) in [6, 6.07) is 8.34. The summed E-state index contributed by atoms with van der Waals surface area (Å²) < 4.78 is 30.7. The molecule has 26 heavy (non-hydrogen) atoms. The van der Waals surface area contributed by atoms with E-state index in [0.29, 0.717) is 12.3 Å². The predicted molar refractivity (Wildman–Crippen MR) is 104 cm³/mol. The van der Waals surface area contributed by atoms with Crippen molar-refractivity contribution < 1.29 is 17.9 Å². The second-order valence-electron chi connectivity index (χ2n) is 7.93. The molecule has 5 heteroatoms. The SMILES string of the molecule is CC(=O)OC(CC[C@H]1C(C)=CCCC1(C)C)CS(=O)(=O)c1ccccc1. The summed E-state index contributed by atoms with van der Waals surface area (Å²) >= 11 is 0. The molecule has 0 amide bonds. The second-order valence-corrected chi connectivity index (χ2v) is 9.97. The monoisotopic (exact) mass is 378 g/mol. The van der Waals surface area contributed by atoms with E-state index in [9.17, 15) is 13.2 Å². The van der Waals surface area contributed by atoms with Gasteiger partial charge in [0.1, 0.15) is 6.10 Å². The number of ether oxygens (including phenoxy) is 1. The molecule has 1 unspecified atom stereocenters. The minimum Gasteiger partial charge on any atom is -0.461 e. The molecular formula is C21H30O4S. The molecule has 2 atom stereocenters. The zero-order valence-corrected chi connectivity index (χ0v) is 17.0. The number of sulfone groups is 1. The van der Waals surface area contributed by atoms with Gasteiger partial charge in [-0.3, -0.25) is 4.79 Å². The van der Waals surface area contributed by atoms with Crippen LogP contribution in [0.5, 0.6) is 0 Å². The van der Waals surface area contributed by atoms with Gasteiger partial charge in [0.15, 0.2) is 9.84 Å². The highest BCUT2D eigenvalue weighted by Crippen LogP contribution is 2.43. The summed E-state index contributed by atoms with van der Waals surface area (Å²) in [4.78, 5) is 11.8. The second kappa shape index (κ2) is 8.38. The average molecular weight is 379 g/mol. The van der Waals surface area contributed by atoms with Crippen molar-refractivity contribution in [2.24, 2.45) is 11.3 Å². The summed E-state index contributed by atoms with van der Waals surface area (Å²) in [5, 5.41) is 0. The first-order valence-electron chi connectivity index (χ1n) is 9.23. The minimum atomic E-state index is -3.49. The maximum Gasteiger partial charge on any atom is 0.302 e. The van der Waals surface area contributed by atoms with Gasteiger partial charge in [0.25, 0.3) is 0 Å². The first kappa shape index (κ1) is 20.7. The van der Waals surface area contributed by atoms with Crippen LogP contribution in [0, 0.1) is 11.3 Å². The van der Waals surface area contributed by atoms with Crippen molar-refractivity contribution in [3.8, 4) is 0 Å². The molecule has 2 rings (SSSR count). The lowest BCUT2D eigenvalue weighted by Crippen LogP contribution is -2.31. The van der Waals surface area contributed by atoms with Gasteiger partial charge in [0.05, 0.1) is 10.6 Å². The highest BCUT2D eigenvalue weighted by Gasteiger charge is 2.34. The van der Waals surface area contributed by atoms with Gasteiger partial charge in [-0.05, 0) is 56.1 Å². The van der Waals surface area contributed by atoms with Crippen LogP contribution in [0.2, 0.25) is 0 Å². The van der Waals surface area contributed by atoms with Gasteiger partial charge in [0.2, 0.25) is 0 Å². The Labute approximate surface area is 157 Å².